The number of alkyl halides is 1. The van der Waals surface area contributed by atoms with Crippen LogP contribution in [0.1, 0.15) is 13.3 Å². The third kappa shape index (κ3) is 3.10. The molecule has 0 amide bonds. The van der Waals surface area contributed by atoms with E-state index in [1.54, 1.807) is 24.3 Å². The average Bonchev–Trinajstić information content (AvgIpc) is 2.83. The maximum Gasteiger partial charge on any atom is 0.238 e. The molecule has 0 saturated carbocycles. The second-order valence-electron chi connectivity index (χ2n) is 4.11. The number of benzene rings is 1. The lowest BCUT2D eigenvalue weighted by atomic mass is 10.3. The molecule has 7 heteroatoms. The van der Waals surface area contributed by atoms with Crippen molar-refractivity contribution in [1.29, 1.82) is 0 Å². The highest BCUT2D eigenvalue weighted by atomic mass is 32.2. The lowest BCUT2D eigenvalue weighted by Crippen LogP contribution is -2.30. The van der Waals surface area contributed by atoms with Crippen LogP contribution in [-0.4, -0.2) is 32.0 Å². The van der Waals surface area contributed by atoms with E-state index in [0.29, 0.717) is 12.1 Å². The van der Waals surface area contributed by atoms with Crippen molar-refractivity contribution in [2.24, 2.45) is 0 Å². The van der Waals surface area contributed by atoms with Gasteiger partial charge in [-0.3, -0.25) is 0 Å². The molecular weight excluding hydrogens is 287 g/mol. The van der Waals surface area contributed by atoms with Gasteiger partial charge >= 0.3 is 0 Å². The molecule has 0 aliphatic rings. The van der Waals surface area contributed by atoms with Crippen LogP contribution in [0.2, 0.25) is 0 Å². The normalized spacial score (nSPS) is 13.8. The molecule has 2 rings (SSSR count). The van der Waals surface area contributed by atoms with Crippen LogP contribution in [0.15, 0.2) is 28.6 Å². The molecule has 0 saturated heterocycles. The van der Waals surface area contributed by atoms with Crippen LogP contribution in [-0.2, 0) is 9.84 Å². The van der Waals surface area contributed by atoms with Gasteiger partial charge in [-0.05, 0) is 25.1 Å². The summed E-state index contributed by atoms with van der Waals surface area (Å²) in [7, 11) is -4.00. The number of nitrogens with one attached hydrogen (secondary N) is 1. The van der Waals surface area contributed by atoms with Gasteiger partial charge in [0.05, 0.1) is 10.2 Å². The zero-order valence-electron chi connectivity index (χ0n) is 10.5. The summed E-state index contributed by atoms with van der Waals surface area (Å²) in [6, 6.07) is 7.06. The number of hydrogen-bond donors (Lipinski definition) is 1. The summed E-state index contributed by atoms with van der Waals surface area (Å²) in [5.74, 6) is 0. The van der Waals surface area contributed by atoms with Crippen molar-refractivity contribution in [3.63, 3.8) is 0 Å². The summed E-state index contributed by atoms with van der Waals surface area (Å²) in [6.07, 6.45) is 0.827. The summed E-state index contributed by atoms with van der Waals surface area (Å²) in [4.78, 5) is 4.00. The highest BCUT2D eigenvalue weighted by Gasteiger charge is 2.30. The van der Waals surface area contributed by atoms with Crippen LogP contribution in [0.5, 0.6) is 0 Å². The van der Waals surface area contributed by atoms with E-state index in [1.165, 1.54) is 0 Å². The zero-order chi connectivity index (χ0) is 13.9. The first-order valence-electron chi connectivity index (χ1n) is 6.00. The predicted octanol–water partition coefficient (Wildman–Crippen LogP) is 2.37. The maximum absolute atomic E-state index is 13.8. The van der Waals surface area contributed by atoms with E-state index < -0.39 is 15.3 Å². The largest absolute Gasteiger partial charge is 0.313 e. The van der Waals surface area contributed by atoms with E-state index in [0.717, 1.165) is 22.5 Å². The Morgan fingerprint density at radius 2 is 2.16 bits per heavy atom. The second kappa shape index (κ2) is 5.94. The van der Waals surface area contributed by atoms with E-state index in [-0.39, 0.29) is 10.9 Å². The number of halogens is 1. The second-order valence-corrected chi connectivity index (χ2v) is 7.38. The predicted molar refractivity (Wildman–Crippen MR) is 74.9 cm³/mol. The van der Waals surface area contributed by atoms with Crippen LogP contribution in [0.25, 0.3) is 10.2 Å². The van der Waals surface area contributed by atoms with E-state index in [2.05, 4.69) is 10.3 Å². The molecule has 0 bridgehead atoms. The first-order valence-corrected chi connectivity index (χ1v) is 8.36. The van der Waals surface area contributed by atoms with E-state index >= 15 is 0 Å². The standard InChI is InChI=1S/C12H15FN2O2S2/c1-2-7-14-8-11(13)19(16,17)12-15-9-5-3-4-6-10(9)18-12/h3-6,11,14H,2,7-8H2,1H3. The Kier molecular flexibility index (Phi) is 4.49. The smallest absolute Gasteiger partial charge is 0.238 e. The molecule has 19 heavy (non-hydrogen) atoms. The maximum atomic E-state index is 13.8. The highest BCUT2D eigenvalue weighted by Crippen LogP contribution is 2.27. The Hall–Kier alpha value is -1.05. The summed E-state index contributed by atoms with van der Waals surface area (Å²) < 4.78 is 38.5. The minimum Gasteiger partial charge on any atom is -0.313 e. The van der Waals surface area contributed by atoms with Gasteiger partial charge < -0.3 is 5.32 Å². The van der Waals surface area contributed by atoms with Gasteiger partial charge in [-0.2, -0.15) is 0 Å². The lowest BCUT2D eigenvalue weighted by Gasteiger charge is -2.08. The van der Waals surface area contributed by atoms with E-state index in [4.69, 9.17) is 0 Å². The molecule has 0 spiro atoms. The van der Waals surface area contributed by atoms with Crippen molar-refractivity contribution < 1.29 is 12.8 Å². The fourth-order valence-electron chi connectivity index (χ4n) is 1.58. The number of nitrogens with zero attached hydrogens (tertiary/aromatic N) is 1. The molecule has 1 heterocycles. The van der Waals surface area contributed by atoms with Crippen molar-refractivity contribution in [2.75, 3.05) is 13.1 Å². The highest BCUT2D eigenvalue weighted by molar-refractivity contribution is 7.93. The number of fused-ring (bicyclic) bond motifs is 1. The lowest BCUT2D eigenvalue weighted by molar-refractivity contribution is 0.399. The Bertz CT molecular complexity index is 622. The summed E-state index contributed by atoms with van der Waals surface area (Å²) in [5, 5.41) is 2.77. The average molecular weight is 302 g/mol. The molecule has 0 aliphatic heterocycles. The number of hydrogen-bond acceptors (Lipinski definition) is 5. The molecule has 4 nitrogen and oxygen atoms in total. The van der Waals surface area contributed by atoms with Crippen molar-refractivity contribution in [3.8, 4) is 0 Å². The van der Waals surface area contributed by atoms with Gasteiger partial charge in [-0.1, -0.05) is 19.1 Å². The topological polar surface area (TPSA) is 59.1 Å². The molecule has 0 aliphatic carbocycles. The summed E-state index contributed by atoms with van der Waals surface area (Å²) in [6.45, 7) is 2.32. The summed E-state index contributed by atoms with van der Waals surface area (Å²) in [5.41, 5.74) is -1.38. The molecule has 0 fully saturated rings. The summed E-state index contributed by atoms with van der Waals surface area (Å²) >= 11 is 1.00. The zero-order valence-corrected chi connectivity index (χ0v) is 12.1. The van der Waals surface area contributed by atoms with E-state index in [9.17, 15) is 12.8 Å². The fraction of sp³-hybridized carbons (Fsp3) is 0.417. The Labute approximate surface area is 115 Å². The number of rotatable bonds is 6. The Morgan fingerprint density at radius 3 is 2.84 bits per heavy atom. The molecule has 2 aromatic rings. The quantitative estimate of drug-likeness (QED) is 0.832. The SMILES string of the molecule is CCCNCC(F)S(=O)(=O)c1nc2ccccc2s1. The minimum absolute atomic E-state index is 0.153. The van der Waals surface area contributed by atoms with Crippen molar-refractivity contribution in [1.82, 2.24) is 10.3 Å². The molecular formula is C12H15FN2O2S2. The monoisotopic (exact) mass is 302 g/mol. The third-order valence-electron chi connectivity index (χ3n) is 2.59. The minimum atomic E-state index is -4.00. The van der Waals surface area contributed by atoms with Gasteiger partial charge in [-0.25, -0.2) is 17.8 Å². The van der Waals surface area contributed by atoms with Gasteiger partial charge in [0.25, 0.3) is 0 Å². The van der Waals surface area contributed by atoms with E-state index in [1.807, 2.05) is 6.92 Å². The molecule has 0 radical (unpaired) electrons. The van der Waals surface area contributed by atoms with Gasteiger partial charge in [0.1, 0.15) is 0 Å². The molecule has 1 N–H and O–H groups in total. The van der Waals surface area contributed by atoms with Crippen LogP contribution in [0, 0.1) is 0 Å². The molecule has 1 aromatic carbocycles. The Morgan fingerprint density at radius 1 is 1.42 bits per heavy atom. The van der Waals surface area contributed by atoms with Crippen LogP contribution < -0.4 is 5.32 Å². The van der Waals surface area contributed by atoms with Gasteiger partial charge in [-0.15, -0.1) is 11.3 Å². The number of aromatic nitrogens is 1. The fourth-order valence-corrected chi connectivity index (χ4v) is 4.11. The first-order chi connectivity index (χ1) is 9.05. The van der Waals surface area contributed by atoms with Crippen molar-refractivity contribution in [3.05, 3.63) is 24.3 Å². The first kappa shape index (κ1) is 14.4. The van der Waals surface area contributed by atoms with Gasteiger partial charge in [0.15, 0.2) is 0 Å². The van der Waals surface area contributed by atoms with Gasteiger partial charge in [0, 0.05) is 6.54 Å². The molecule has 1 aromatic heterocycles. The molecule has 1 unspecified atom stereocenters. The number of thiazole rings is 1. The molecule has 104 valence electrons. The number of sulfone groups is 1. The van der Waals surface area contributed by atoms with Crippen molar-refractivity contribution >= 4 is 31.4 Å². The van der Waals surface area contributed by atoms with Crippen LogP contribution in [0.3, 0.4) is 0 Å². The molecule has 1 atom stereocenters. The third-order valence-corrected chi connectivity index (χ3v) is 5.78. The van der Waals surface area contributed by atoms with Crippen LogP contribution in [0.4, 0.5) is 4.39 Å². The Balaban J connectivity index is 2.23. The van der Waals surface area contributed by atoms with Crippen molar-refractivity contribution in [2.45, 2.75) is 23.2 Å². The number of para-hydroxylation sites is 1. The van der Waals surface area contributed by atoms with Crippen LogP contribution >= 0.6 is 11.3 Å². The van der Waals surface area contributed by atoms with Gasteiger partial charge in [0.2, 0.25) is 19.7 Å².